The molecule has 6 aromatic rings. The van der Waals surface area contributed by atoms with E-state index < -0.39 is 0 Å². The van der Waals surface area contributed by atoms with E-state index in [1.165, 1.54) is 0 Å². The van der Waals surface area contributed by atoms with E-state index in [-0.39, 0.29) is 40.4 Å². The second kappa shape index (κ2) is 14.1. The van der Waals surface area contributed by atoms with Crippen molar-refractivity contribution in [3.05, 3.63) is 143 Å². The maximum absolute atomic E-state index is 10.4. The molecule has 2 amide bonds. The smallest absolute Gasteiger partial charge is 0.430 e. The first-order chi connectivity index (χ1) is 21.1. The molecule has 0 fully saturated rings. The van der Waals surface area contributed by atoms with Gasteiger partial charge in [0.05, 0.1) is 0 Å². The molecule has 0 aliphatic rings. The summed E-state index contributed by atoms with van der Waals surface area (Å²) in [6, 6.07) is 34.1. The third kappa shape index (κ3) is 7.71. The molecule has 0 bridgehead atoms. The second-order valence-corrected chi connectivity index (χ2v) is 11.0. The number of anilines is 2. The maximum Gasteiger partial charge on any atom is 0.430 e. The van der Waals surface area contributed by atoms with E-state index in [4.69, 9.17) is 0 Å². The molecule has 0 saturated heterocycles. The monoisotopic (exact) mass is 640 g/mol. The first kappa shape index (κ1) is 32.8. The predicted octanol–water partition coefficient (Wildman–Crippen LogP) is 8.25. The summed E-state index contributed by atoms with van der Waals surface area (Å²) in [6.07, 6.45) is 0. The Labute approximate surface area is 273 Å². The number of fused-ring (bicyclic) bond motifs is 2. The van der Waals surface area contributed by atoms with Crippen molar-refractivity contribution in [2.45, 2.75) is 27.7 Å². The Morgan fingerprint density at radius 1 is 0.489 bits per heavy atom. The van der Waals surface area contributed by atoms with Crippen LogP contribution in [0.25, 0.3) is 21.5 Å². The molecule has 0 atom stereocenters. The maximum atomic E-state index is 10.4. The van der Waals surface area contributed by atoms with Crippen LogP contribution >= 0.6 is 0 Å². The molecule has 7 heteroatoms. The number of rotatable bonds is 4. The molecular formula is C38H36FeN2O4+2. The normalized spacial score (nSPS) is 10.4. The van der Waals surface area contributed by atoms with Gasteiger partial charge in [0.1, 0.15) is 22.6 Å². The van der Waals surface area contributed by atoms with Gasteiger partial charge in [-0.25, -0.2) is 0 Å². The van der Waals surface area contributed by atoms with Crippen LogP contribution in [-0.2, 0) is 17.1 Å². The number of nitrogens with one attached hydrogen (secondary N) is 2. The second-order valence-electron chi connectivity index (χ2n) is 11.0. The Kier molecular flexibility index (Phi) is 10.3. The molecule has 6 rings (SSSR count). The SMILES string of the molecule is Cc1ccc(NC(=[OH+])c2cc3ccccc3cc2O)c(C)c1.Cc1ccc(NC(=[OH+])c2cc3ccccc3cc2O)c(C)c1.[Fe]. The van der Waals surface area contributed by atoms with Gasteiger partial charge in [0.25, 0.3) is 0 Å². The molecule has 0 aliphatic carbocycles. The molecule has 0 heterocycles. The van der Waals surface area contributed by atoms with Gasteiger partial charge < -0.3 is 10.2 Å². The van der Waals surface area contributed by atoms with Gasteiger partial charge in [-0.15, -0.1) is 0 Å². The van der Waals surface area contributed by atoms with Crippen LogP contribution in [0.4, 0.5) is 11.4 Å². The molecule has 0 aliphatic heterocycles. The Morgan fingerprint density at radius 3 is 1.16 bits per heavy atom. The van der Waals surface area contributed by atoms with Crippen molar-refractivity contribution < 1.29 is 36.9 Å². The largest absolute Gasteiger partial charge is 0.507 e. The molecular weight excluding hydrogens is 604 g/mol. The topological polar surface area (TPSA) is 107 Å². The number of aromatic hydroxyl groups is 2. The van der Waals surface area contributed by atoms with Crippen LogP contribution in [0, 0.1) is 27.7 Å². The zero-order valence-electron chi connectivity index (χ0n) is 25.5. The van der Waals surface area contributed by atoms with Crippen molar-refractivity contribution in [2.75, 3.05) is 10.6 Å². The third-order valence-electron chi connectivity index (χ3n) is 7.51. The fraction of sp³-hybridized carbons (Fsp3) is 0.105. The number of aryl methyl sites for hydroxylation is 4. The molecule has 6 N–H and O–H groups in total. The molecule has 0 saturated carbocycles. The Balaban J connectivity index is 0.000000200. The quantitative estimate of drug-likeness (QED) is 0.115. The standard InChI is InChI=1S/2C19H17NO2.Fe/c2*1-12-7-8-17(13(2)9-12)20-19(22)16-10-14-5-3-4-6-15(14)11-18(16)21;/h2*3-11,21H,1-2H3,(H,20,22);/p+2. The molecule has 228 valence electrons. The number of amides is 2. The van der Waals surface area contributed by atoms with Gasteiger partial charge >= 0.3 is 11.8 Å². The Hall–Kier alpha value is -5.10. The van der Waals surface area contributed by atoms with Crippen molar-refractivity contribution >= 4 is 44.7 Å². The van der Waals surface area contributed by atoms with E-state index in [1.54, 1.807) is 24.3 Å². The summed E-state index contributed by atoms with van der Waals surface area (Å²) in [4.78, 5) is 20.7. The number of benzene rings is 6. The average molecular weight is 641 g/mol. The van der Waals surface area contributed by atoms with Crippen molar-refractivity contribution in [3.8, 4) is 11.5 Å². The van der Waals surface area contributed by atoms with Crippen LogP contribution in [0.1, 0.15) is 33.4 Å². The van der Waals surface area contributed by atoms with Crippen molar-refractivity contribution in [1.82, 2.24) is 0 Å². The van der Waals surface area contributed by atoms with E-state index in [1.807, 2.05) is 113 Å². The van der Waals surface area contributed by atoms with Gasteiger partial charge in [-0.05, 0) is 96.8 Å². The van der Waals surface area contributed by atoms with Crippen LogP contribution in [0.15, 0.2) is 109 Å². The average Bonchev–Trinajstić information content (AvgIpc) is 2.99. The number of phenolic OH excluding ortho intramolecular Hbond substituents is 2. The zero-order chi connectivity index (χ0) is 31.4. The zero-order valence-corrected chi connectivity index (χ0v) is 26.6. The summed E-state index contributed by atoms with van der Waals surface area (Å²) in [6.45, 7) is 8.00. The van der Waals surface area contributed by atoms with Crippen LogP contribution in [0.2, 0.25) is 0 Å². The molecule has 0 spiro atoms. The first-order valence-electron chi connectivity index (χ1n) is 14.3. The predicted molar refractivity (Wildman–Crippen MR) is 182 cm³/mol. The summed E-state index contributed by atoms with van der Waals surface area (Å²) < 4.78 is 0. The van der Waals surface area contributed by atoms with E-state index in [0.29, 0.717) is 11.1 Å². The Bertz CT molecular complexity index is 1890. The number of hydrogen-bond donors (Lipinski definition) is 4. The molecule has 0 unspecified atom stereocenters. The summed E-state index contributed by atoms with van der Waals surface area (Å²) >= 11 is 0. The van der Waals surface area contributed by atoms with Gasteiger partial charge in [-0.2, -0.15) is 0 Å². The summed E-state index contributed by atoms with van der Waals surface area (Å²) in [5.41, 5.74) is 6.80. The fourth-order valence-electron chi connectivity index (χ4n) is 5.13. The van der Waals surface area contributed by atoms with Crippen LogP contribution < -0.4 is 10.6 Å². The van der Waals surface area contributed by atoms with Gasteiger partial charge in [0.15, 0.2) is 0 Å². The molecule has 6 nitrogen and oxygen atoms in total. The first-order valence-corrected chi connectivity index (χ1v) is 14.3. The van der Waals surface area contributed by atoms with E-state index in [0.717, 1.165) is 55.2 Å². The summed E-state index contributed by atoms with van der Waals surface area (Å²) in [7, 11) is 0. The van der Waals surface area contributed by atoms with Crippen LogP contribution in [0.3, 0.4) is 0 Å². The van der Waals surface area contributed by atoms with Crippen molar-refractivity contribution in [2.24, 2.45) is 0 Å². The minimum Gasteiger partial charge on any atom is -0.507 e. The third-order valence-corrected chi connectivity index (χ3v) is 7.51. The number of hydrogen-bond acceptors (Lipinski definition) is 2. The minimum absolute atomic E-state index is 0. The molecule has 6 aromatic carbocycles. The minimum atomic E-state index is -0.0600. The molecule has 45 heavy (non-hydrogen) atoms. The number of phenols is 2. The summed E-state index contributed by atoms with van der Waals surface area (Å²) in [5, 5.41) is 30.0. The van der Waals surface area contributed by atoms with Gasteiger partial charge in [0, 0.05) is 28.4 Å². The molecule has 0 aromatic heterocycles. The van der Waals surface area contributed by atoms with Gasteiger partial charge in [-0.3, -0.25) is 20.2 Å². The van der Waals surface area contributed by atoms with Gasteiger partial charge in [-0.1, -0.05) is 83.9 Å². The van der Waals surface area contributed by atoms with E-state index in [9.17, 15) is 19.8 Å². The van der Waals surface area contributed by atoms with Crippen molar-refractivity contribution in [3.63, 3.8) is 0 Å². The fourth-order valence-corrected chi connectivity index (χ4v) is 5.13. The van der Waals surface area contributed by atoms with E-state index >= 15 is 0 Å². The van der Waals surface area contributed by atoms with Crippen molar-refractivity contribution in [1.29, 1.82) is 0 Å². The van der Waals surface area contributed by atoms with E-state index in [2.05, 4.69) is 10.6 Å². The number of carbonyl (C=O) groups excluding carboxylic acids is 2. The van der Waals surface area contributed by atoms with Gasteiger partial charge in [0.2, 0.25) is 0 Å². The Morgan fingerprint density at radius 2 is 0.822 bits per heavy atom. The van der Waals surface area contributed by atoms with Crippen LogP contribution in [-0.4, -0.2) is 31.6 Å². The summed E-state index contributed by atoms with van der Waals surface area (Å²) in [5.74, 6) is -0.0210. The molecule has 0 radical (unpaired) electrons. The van der Waals surface area contributed by atoms with Crippen LogP contribution in [0.5, 0.6) is 11.5 Å².